The van der Waals surface area contributed by atoms with E-state index in [1.54, 1.807) is 36.4 Å². The average Bonchev–Trinajstić information content (AvgIpc) is 2.66. The molecule has 2 rings (SSSR count). The highest BCUT2D eigenvalue weighted by atomic mass is 35.5. The van der Waals surface area contributed by atoms with Gasteiger partial charge in [-0.25, -0.2) is 4.79 Å². The first-order valence-corrected chi connectivity index (χ1v) is 8.57. The van der Waals surface area contributed by atoms with Crippen LogP contribution >= 0.6 is 11.6 Å². The summed E-state index contributed by atoms with van der Waals surface area (Å²) in [7, 11) is 0. The zero-order chi connectivity index (χ0) is 19.6. The third-order valence-electron chi connectivity index (χ3n) is 3.58. The van der Waals surface area contributed by atoms with E-state index in [0.29, 0.717) is 10.7 Å². The predicted octanol–water partition coefficient (Wildman–Crippen LogP) is 3.44. The number of amides is 2. The molecule has 0 heterocycles. The van der Waals surface area contributed by atoms with Crippen LogP contribution in [0, 0.1) is 0 Å². The molecule has 3 N–H and O–H groups in total. The Morgan fingerprint density at radius 2 is 1.70 bits per heavy atom. The highest BCUT2D eigenvalue weighted by Crippen LogP contribution is 2.14. The lowest BCUT2D eigenvalue weighted by Gasteiger charge is -2.18. The summed E-state index contributed by atoms with van der Waals surface area (Å²) >= 11 is 5.80. The number of anilines is 1. The van der Waals surface area contributed by atoms with E-state index in [-0.39, 0.29) is 19.4 Å². The van der Waals surface area contributed by atoms with Gasteiger partial charge in [0.25, 0.3) is 0 Å². The summed E-state index contributed by atoms with van der Waals surface area (Å²) in [5.74, 6) is -1.62. The van der Waals surface area contributed by atoms with Crippen molar-refractivity contribution < 1.29 is 24.2 Å². The maximum absolute atomic E-state index is 12.4. The first-order chi connectivity index (χ1) is 12.9. The SMILES string of the molecule is O=C(O)CC[C@H](NC(=O)OCc1ccccc1)C(=O)Nc1ccc(Cl)cc1. The van der Waals surface area contributed by atoms with Crippen molar-refractivity contribution in [3.05, 3.63) is 65.2 Å². The Labute approximate surface area is 161 Å². The van der Waals surface area contributed by atoms with Crippen LogP contribution in [0.2, 0.25) is 5.02 Å². The Morgan fingerprint density at radius 1 is 1.04 bits per heavy atom. The molecule has 27 heavy (non-hydrogen) atoms. The van der Waals surface area contributed by atoms with Gasteiger partial charge < -0.3 is 20.5 Å². The van der Waals surface area contributed by atoms with Crippen molar-refractivity contribution >= 4 is 35.3 Å². The van der Waals surface area contributed by atoms with Crippen LogP contribution in [-0.2, 0) is 20.9 Å². The molecule has 0 saturated carbocycles. The second-order valence-corrected chi connectivity index (χ2v) is 6.12. The van der Waals surface area contributed by atoms with Gasteiger partial charge in [0.2, 0.25) is 5.91 Å². The van der Waals surface area contributed by atoms with Crippen LogP contribution in [0.4, 0.5) is 10.5 Å². The summed E-state index contributed by atoms with van der Waals surface area (Å²) in [4.78, 5) is 35.2. The average molecular weight is 391 g/mol. The third-order valence-corrected chi connectivity index (χ3v) is 3.83. The van der Waals surface area contributed by atoms with E-state index in [0.717, 1.165) is 5.56 Å². The standard InChI is InChI=1S/C19H19ClN2O5/c20-14-6-8-15(9-7-14)21-18(25)16(10-11-17(23)24)22-19(26)27-12-13-4-2-1-3-5-13/h1-9,16H,10-12H2,(H,21,25)(H,22,26)(H,23,24)/t16-/m0/s1. The van der Waals surface area contributed by atoms with Crippen LogP contribution in [0.5, 0.6) is 0 Å². The van der Waals surface area contributed by atoms with Crippen LogP contribution in [0.1, 0.15) is 18.4 Å². The van der Waals surface area contributed by atoms with Crippen molar-refractivity contribution in [2.45, 2.75) is 25.5 Å². The van der Waals surface area contributed by atoms with Gasteiger partial charge in [0.15, 0.2) is 0 Å². The maximum atomic E-state index is 12.4. The normalized spacial score (nSPS) is 11.3. The summed E-state index contributed by atoms with van der Waals surface area (Å²) in [5.41, 5.74) is 1.27. The molecule has 0 aliphatic heterocycles. The lowest BCUT2D eigenvalue weighted by molar-refractivity contribution is -0.137. The van der Waals surface area contributed by atoms with E-state index in [1.807, 2.05) is 18.2 Å². The molecule has 7 nitrogen and oxygen atoms in total. The van der Waals surface area contributed by atoms with Crippen molar-refractivity contribution in [2.24, 2.45) is 0 Å². The molecular weight excluding hydrogens is 372 g/mol. The fourth-order valence-electron chi connectivity index (χ4n) is 2.21. The minimum atomic E-state index is -1.07. The van der Waals surface area contributed by atoms with E-state index in [1.165, 1.54) is 0 Å². The smallest absolute Gasteiger partial charge is 0.408 e. The minimum absolute atomic E-state index is 0.0388. The van der Waals surface area contributed by atoms with Gasteiger partial charge in [-0.1, -0.05) is 41.9 Å². The highest BCUT2D eigenvalue weighted by molar-refractivity contribution is 6.30. The summed E-state index contributed by atoms with van der Waals surface area (Å²) in [6.45, 7) is 0.0388. The van der Waals surface area contributed by atoms with Gasteiger partial charge in [0.1, 0.15) is 12.6 Å². The molecule has 0 saturated heterocycles. The molecule has 2 aromatic carbocycles. The maximum Gasteiger partial charge on any atom is 0.408 e. The van der Waals surface area contributed by atoms with Gasteiger partial charge >= 0.3 is 12.1 Å². The van der Waals surface area contributed by atoms with Crippen molar-refractivity contribution in [1.82, 2.24) is 5.32 Å². The van der Waals surface area contributed by atoms with E-state index in [4.69, 9.17) is 21.4 Å². The quantitative estimate of drug-likeness (QED) is 0.640. The first kappa shape index (κ1) is 20.3. The number of benzene rings is 2. The van der Waals surface area contributed by atoms with Crippen LogP contribution < -0.4 is 10.6 Å². The van der Waals surface area contributed by atoms with Crippen LogP contribution in [-0.4, -0.2) is 29.1 Å². The zero-order valence-electron chi connectivity index (χ0n) is 14.4. The molecule has 0 radical (unpaired) electrons. The van der Waals surface area contributed by atoms with Crippen molar-refractivity contribution in [3.63, 3.8) is 0 Å². The van der Waals surface area contributed by atoms with Gasteiger partial charge in [-0.2, -0.15) is 0 Å². The van der Waals surface area contributed by atoms with E-state index >= 15 is 0 Å². The number of hydrogen-bond donors (Lipinski definition) is 3. The number of carbonyl (C=O) groups is 3. The Bertz CT molecular complexity index is 780. The Kier molecular flexibility index (Phi) is 7.63. The fourth-order valence-corrected chi connectivity index (χ4v) is 2.33. The first-order valence-electron chi connectivity index (χ1n) is 8.19. The largest absolute Gasteiger partial charge is 0.481 e. The lowest BCUT2D eigenvalue weighted by Crippen LogP contribution is -2.44. The fraction of sp³-hybridized carbons (Fsp3) is 0.211. The molecule has 1 atom stereocenters. The number of rotatable bonds is 8. The third kappa shape index (κ3) is 7.37. The monoisotopic (exact) mass is 390 g/mol. The predicted molar refractivity (Wildman–Crippen MR) is 101 cm³/mol. The molecule has 0 fully saturated rings. The van der Waals surface area contributed by atoms with E-state index < -0.39 is 24.0 Å². The molecule has 0 unspecified atom stereocenters. The number of aliphatic carboxylic acids is 1. The summed E-state index contributed by atoms with van der Waals surface area (Å²) in [5, 5.41) is 14.4. The van der Waals surface area contributed by atoms with Crippen molar-refractivity contribution in [1.29, 1.82) is 0 Å². The summed E-state index contributed by atoms with van der Waals surface area (Å²) in [6, 6.07) is 14.4. The molecule has 2 amide bonds. The topological polar surface area (TPSA) is 105 Å². The van der Waals surface area contributed by atoms with E-state index in [9.17, 15) is 14.4 Å². The molecule has 0 aliphatic rings. The molecule has 0 bridgehead atoms. The molecule has 0 aromatic heterocycles. The van der Waals surface area contributed by atoms with Crippen molar-refractivity contribution in [2.75, 3.05) is 5.32 Å². The number of alkyl carbamates (subject to hydrolysis) is 1. The molecule has 142 valence electrons. The molecule has 2 aromatic rings. The van der Waals surface area contributed by atoms with Gasteiger partial charge in [-0.3, -0.25) is 9.59 Å². The van der Waals surface area contributed by atoms with Gasteiger partial charge in [0.05, 0.1) is 0 Å². The lowest BCUT2D eigenvalue weighted by atomic mass is 10.1. The number of carbonyl (C=O) groups excluding carboxylic acids is 2. The number of carboxylic acids is 1. The second-order valence-electron chi connectivity index (χ2n) is 5.69. The number of nitrogens with one attached hydrogen (secondary N) is 2. The molecule has 8 heteroatoms. The minimum Gasteiger partial charge on any atom is -0.481 e. The second kappa shape index (κ2) is 10.2. The number of hydrogen-bond acceptors (Lipinski definition) is 4. The van der Waals surface area contributed by atoms with Crippen LogP contribution in [0.25, 0.3) is 0 Å². The Morgan fingerprint density at radius 3 is 2.33 bits per heavy atom. The summed E-state index contributed by atoms with van der Waals surface area (Å²) < 4.78 is 5.09. The number of ether oxygens (including phenoxy) is 1. The van der Waals surface area contributed by atoms with Gasteiger partial charge in [-0.15, -0.1) is 0 Å². The molecule has 0 aliphatic carbocycles. The van der Waals surface area contributed by atoms with E-state index in [2.05, 4.69) is 10.6 Å². The van der Waals surface area contributed by atoms with Gasteiger partial charge in [0, 0.05) is 17.1 Å². The Balaban J connectivity index is 1.95. The Hall–Kier alpha value is -3.06. The highest BCUT2D eigenvalue weighted by Gasteiger charge is 2.22. The van der Waals surface area contributed by atoms with Crippen LogP contribution in [0.15, 0.2) is 54.6 Å². The van der Waals surface area contributed by atoms with Gasteiger partial charge in [-0.05, 0) is 36.2 Å². The number of halogens is 1. The summed E-state index contributed by atoms with van der Waals surface area (Å²) in [6.07, 6.45) is -1.16. The molecule has 0 spiro atoms. The van der Waals surface area contributed by atoms with Crippen LogP contribution in [0.3, 0.4) is 0 Å². The molecular formula is C19H19ClN2O5. The zero-order valence-corrected chi connectivity index (χ0v) is 15.1. The number of carboxylic acid groups (broad SMARTS) is 1. The van der Waals surface area contributed by atoms with Crippen molar-refractivity contribution in [3.8, 4) is 0 Å².